The van der Waals surface area contributed by atoms with Crippen LogP contribution in [0.1, 0.15) is 42.6 Å². The molecule has 0 saturated carbocycles. The van der Waals surface area contributed by atoms with Gasteiger partial charge < -0.3 is 10.4 Å². The average molecular weight is 276 g/mol. The van der Waals surface area contributed by atoms with Crippen LogP contribution in [0, 0.1) is 0 Å². The van der Waals surface area contributed by atoms with Gasteiger partial charge in [-0.1, -0.05) is 12.1 Å². The Morgan fingerprint density at radius 1 is 1.50 bits per heavy atom. The van der Waals surface area contributed by atoms with Crippen molar-refractivity contribution >= 4 is 5.91 Å². The molecule has 20 heavy (non-hydrogen) atoms. The molecule has 1 unspecified atom stereocenters. The zero-order valence-electron chi connectivity index (χ0n) is 12.5. The number of hydrogen-bond donors (Lipinski definition) is 2. The molecule has 1 aliphatic rings. The Morgan fingerprint density at radius 3 is 2.90 bits per heavy atom. The minimum absolute atomic E-state index is 0.0627. The maximum absolute atomic E-state index is 11.7. The third-order valence-corrected chi connectivity index (χ3v) is 3.98. The van der Waals surface area contributed by atoms with Crippen molar-refractivity contribution in [1.82, 2.24) is 10.2 Å². The summed E-state index contributed by atoms with van der Waals surface area (Å²) in [4.78, 5) is 14.0. The first kappa shape index (κ1) is 15.0. The normalized spacial score (nSPS) is 20.1. The van der Waals surface area contributed by atoms with Crippen LogP contribution in [0.3, 0.4) is 0 Å². The summed E-state index contributed by atoms with van der Waals surface area (Å²) in [5.74, 6) is -0.0627. The van der Waals surface area contributed by atoms with Gasteiger partial charge in [-0.2, -0.15) is 0 Å². The summed E-state index contributed by atoms with van der Waals surface area (Å²) in [5, 5.41) is 12.9. The van der Waals surface area contributed by atoms with E-state index in [4.69, 9.17) is 0 Å². The van der Waals surface area contributed by atoms with Gasteiger partial charge in [-0.3, -0.25) is 9.69 Å². The molecule has 1 saturated heterocycles. The minimum atomic E-state index is -0.686. The smallest absolute Gasteiger partial charge is 0.251 e. The monoisotopic (exact) mass is 276 g/mol. The van der Waals surface area contributed by atoms with Crippen molar-refractivity contribution in [3.05, 3.63) is 35.4 Å². The molecule has 0 aliphatic carbocycles. The van der Waals surface area contributed by atoms with Crippen molar-refractivity contribution < 1.29 is 9.90 Å². The standard InChI is InChI=1S/C16H24N2O2/c1-16(2,20)14-8-5-9-18(14)11-12-6-4-7-13(10-12)15(19)17-3/h4,6-7,10,14,20H,5,8-9,11H2,1-3H3,(H,17,19). The number of nitrogens with one attached hydrogen (secondary N) is 1. The van der Waals surface area contributed by atoms with E-state index in [-0.39, 0.29) is 11.9 Å². The number of aliphatic hydroxyl groups is 1. The van der Waals surface area contributed by atoms with E-state index in [9.17, 15) is 9.90 Å². The lowest BCUT2D eigenvalue weighted by atomic mass is 9.96. The maximum atomic E-state index is 11.7. The second kappa shape index (κ2) is 5.94. The Kier molecular flexibility index (Phi) is 4.45. The van der Waals surface area contributed by atoms with E-state index in [1.165, 1.54) is 0 Å². The van der Waals surface area contributed by atoms with Crippen molar-refractivity contribution in [3.8, 4) is 0 Å². The Labute approximate surface area is 120 Å². The summed E-state index contributed by atoms with van der Waals surface area (Å²) >= 11 is 0. The average Bonchev–Trinajstić information content (AvgIpc) is 2.86. The molecule has 4 nitrogen and oxygen atoms in total. The summed E-state index contributed by atoms with van der Waals surface area (Å²) in [5.41, 5.74) is 1.11. The summed E-state index contributed by atoms with van der Waals surface area (Å²) in [7, 11) is 1.64. The Hall–Kier alpha value is -1.39. The molecule has 1 aromatic rings. The van der Waals surface area contributed by atoms with Crippen LogP contribution in [-0.2, 0) is 6.54 Å². The second-order valence-electron chi connectivity index (χ2n) is 6.06. The molecule has 0 spiro atoms. The molecule has 0 radical (unpaired) electrons. The number of nitrogens with zero attached hydrogens (tertiary/aromatic N) is 1. The predicted molar refractivity (Wildman–Crippen MR) is 79.6 cm³/mol. The van der Waals surface area contributed by atoms with Gasteiger partial charge in [0, 0.05) is 25.2 Å². The van der Waals surface area contributed by atoms with Gasteiger partial charge in [0.05, 0.1) is 5.60 Å². The Balaban J connectivity index is 2.12. The van der Waals surface area contributed by atoms with E-state index >= 15 is 0 Å². The maximum Gasteiger partial charge on any atom is 0.251 e. The zero-order chi connectivity index (χ0) is 14.8. The molecule has 1 heterocycles. The third kappa shape index (κ3) is 3.38. The summed E-state index contributed by atoms with van der Waals surface area (Å²) in [6.45, 7) is 5.52. The number of benzene rings is 1. The Morgan fingerprint density at radius 2 is 2.25 bits per heavy atom. The largest absolute Gasteiger partial charge is 0.389 e. The van der Waals surface area contributed by atoms with Gasteiger partial charge in [-0.15, -0.1) is 0 Å². The fourth-order valence-electron chi connectivity index (χ4n) is 3.01. The van der Waals surface area contributed by atoms with E-state index in [0.29, 0.717) is 5.56 Å². The molecule has 2 rings (SSSR count). The van der Waals surface area contributed by atoms with Gasteiger partial charge >= 0.3 is 0 Å². The van der Waals surface area contributed by atoms with Gasteiger partial charge in [0.2, 0.25) is 0 Å². The van der Waals surface area contributed by atoms with Crippen molar-refractivity contribution in [2.75, 3.05) is 13.6 Å². The lowest BCUT2D eigenvalue weighted by molar-refractivity contribution is -0.00502. The van der Waals surface area contributed by atoms with E-state index in [1.807, 2.05) is 38.1 Å². The number of carbonyl (C=O) groups excluding carboxylic acids is 1. The minimum Gasteiger partial charge on any atom is -0.389 e. The van der Waals surface area contributed by atoms with Crippen LogP contribution in [0.4, 0.5) is 0 Å². The first-order chi connectivity index (χ1) is 9.41. The Bertz CT molecular complexity index is 480. The SMILES string of the molecule is CNC(=O)c1cccc(CN2CCCC2C(C)(C)O)c1. The predicted octanol–water partition coefficient (Wildman–Crippen LogP) is 1.78. The van der Waals surface area contributed by atoms with Gasteiger partial charge in [0.1, 0.15) is 0 Å². The molecule has 1 aromatic carbocycles. The number of carbonyl (C=O) groups is 1. The van der Waals surface area contributed by atoms with Gasteiger partial charge in [0.25, 0.3) is 5.91 Å². The molecule has 1 atom stereocenters. The van der Waals surface area contributed by atoms with Crippen LogP contribution in [-0.4, -0.2) is 41.1 Å². The van der Waals surface area contributed by atoms with Crippen LogP contribution in [0.2, 0.25) is 0 Å². The summed E-state index contributed by atoms with van der Waals surface area (Å²) in [6, 6.07) is 7.88. The lowest BCUT2D eigenvalue weighted by Gasteiger charge is -2.33. The highest BCUT2D eigenvalue weighted by Gasteiger charge is 2.35. The summed E-state index contributed by atoms with van der Waals surface area (Å²) in [6.07, 6.45) is 2.14. The molecular weight excluding hydrogens is 252 g/mol. The molecule has 110 valence electrons. The molecule has 2 N–H and O–H groups in total. The molecule has 4 heteroatoms. The highest BCUT2D eigenvalue weighted by atomic mass is 16.3. The number of likely N-dealkylation sites (tertiary alicyclic amines) is 1. The lowest BCUT2D eigenvalue weighted by Crippen LogP contribution is -2.45. The van der Waals surface area contributed by atoms with Crippen LogP contribution in [0.5, 0.6) is 0 Å². The fourth-order valence-corrected chi connectivity index (χ4v) is 3.01. The molecule has 1 fully saturated rings. The number of hydrogen-bond acceptors (Lipinski definition) is 3. The molecule has 0 aromatic heterocycles. The first-order valence-electron chi connectivity index (χ1n) is 7.19. The molecule has 1 amide bonds. The highest BCUT2D eigenvalue weighted by molar-refractivity contribution is 5.94. The van der Waals surface area contributed by atoms with Crippen molar-refractivity contribution in [3.63, 3.8) is 0 Å². The van der Waals surface area contributed by atoms with E-state index < -0.39 is 5.60 Å². The summed E-state index contributed by atoms with van der Waals surface area (Å²) < 4.78 is 0. The topological polar surface area (TPSA) is 52.6 Å². The van der Waals surface area contributed by atoms with Gasteiger partial charge in [-0.05, 0) is 50.9 Å². The van der Waals surface area contributed by atoms with Gasteiger partial charge in [0.15, 0.2) is 0 Å². The highest BCUT2D eigenvalue weighted by Crippen LogP contribution is 2.28. The molecule has 0 bridgehead atoms. The molecular formula is C16H24N2O2. The second-order valence-corrected chi connectivity index (χ2v) is 6.06. The van der Waals surface area contributed by atoms with Gasteiger partial charge in [-0.25, -0.2) is 0 Å². The van der Waals surface area contributed by atoms with Crippen LogP contribution in [0.15, 0.2) is 24.3 Å². The van der Waals surface area contributed by atoms with Crippen molar-refractivity contribution in [2.24, 2.45) is 0 Å². The fraction of sp³-hybridized carbons (Fsp3) is 0.562. The van der Waals surface area contributed by atoms with E-state index in [1.54, 1.807) is 7.05 Å². The van der Waals surface area contributed by atoms with Crippen molar-refractivity contribution in [2.45, 2.75) is 44.9 Å². The van der Waals surface area contributed by atoms with Crippen LogP contribution < -0.4 is 5.32 Å². The zero-order valence-corrected chi connectivity index (χ0v) is 12.5. The first-order valence-corrected chi connectivity index (χ1v) is 7.19. The van der Waals surface area contributed by atoms with Crippen LogP contribution >= 0.6 is 0 Å². The van der Waals surface area contributed by atoms with Crippen molar-refractivity contribution in [1.29, 1.82) is 0 Å². The number of amides is 1. The van der Waals surface area contributed by atoms with E-state index in [2.05, 4.69) is 10.2 Å². The quantitative estimate of drug-likeness (QED) is 0.881. The number of rotatable bonds is 4. The third-order valence-electron chi connectivity index (χ3n) is 3.98. The molecule has 1 aliphatic heterocycles. The van der Waals surface area contributed by atoms with E-state index in [0.717, 1.165) is 31.5 Å². The van der Waals surface area contributed by atoms with Crippen LogP contribution in [0.25, 0.3) is 0 Å².